The van der Waals surface area contributed by atoms with E-state index in [1.807, 2.05) is 7.05 Å². The number of hydrogen-bond acceptors (Lipinski definition) is 2. The third-order valence-electron chi connectivity index (χ3n) is 4.40. The molecule has 17 heavy (non-hydrogen) atoms. The highest BCUT2D eigenvalue weighted by Gasteiger charge is 2.46. The molecule has 2 heteroatoms. The Labute approximate surface area is 105 Å². The maximum atomic E-state index is 6.41. The third kappa shape index (κ3) is 2.00. The highest BCUT2D eigenvalue weighted by Crippen LogP contribution is 2.45. The quantitative estimate of drug-likeness (QED) is 0.841. The molecule has 94 valence electrons. The Balaban J connectivity index is 2.57. The van der Waals surface area contributed by atoms with E-state index in [1.165, 1.54) is 27.8 Å². The molecule has 0 aromatic heterocycles. The van der Waals surface area contributed by atoms with Gasteiger partial charge >= 0.3 is 0 Å². The van der Waals surface area contributed by atoms with Crippen molar-refractivity contribution in [1.29, 1.82) is 0 Å². The van der Waals surface area contributed by atoms with Crippen LogP contribution >= 0.6 is 0 Å². The van der Waals surface area contributed by atoms with Gasteiger partial charge < -0.3 is 11.1 Å². The summed E-state index contributed by atoms with van der Waals surface area (Å²) in [5, 5.41) is 3.43. The summed E-state index contributed by atoms with van der Waals surface area (Å²) in [5.41, 5.74) is 13.3. The van der Waals surface area contributed by atoms with Crippen LogP contribution in [-0.4, -0.2) is 12.6 Å². The van der Waals surface area contributed by atoms with Crippen molar-refractivity contribution in [3.8, 4) is 0 Å². The lowest BCUT2D eigenvalue weighted by Gasteiger charge is -2.28. The highest BCUT2D eigenvalue weighted by atomic mass is 15.0. The van der Waals surface area contributed by atoms with Crippen LogP contribution in [0.3, 0.4) is 0 Å². The molecular formula is C15H24N2. The van der Waals surface area contributed by atoms with E-state index in [2.05, 4.69) is 39.1 Å². The molecule has 1 atom stereocenters. The smallest absolute Gasteiger partial charge is 0.0505 e. The van der Waals surface area contributed by atoms with Gasteiger partial charge in [-0.1, -0.05) is 6.07 Å². The van der Waals surface area contributed by atoms with Crippen molar-refractivity contribution in [2.75, 3.05) is 7.05 Å². The van der Waals surface area contributed by atoms with Crippen molar-refractivity contribution >= 4 is 0 Å². The van der Waals surface area contributed by atoms with Gasteiger partial charge in [0.1, 0.15) is 0 Å². The van der Waals surface area contributed by atoms with E-state index < -0.39 is 0 Å². The van der Waals surface area contributed by atoms with Crippen molar-refractivity contribution in [3.63, 3.8) is 0 Å². The molecule has 1 aromatic carbocycles. The van der Waals surface area contributed by atoms with Crippen molar-refractivity contribution in [2.45, 2.75) is 52.1 Å². The molecule has 1 unspecified atom stereocenters. The number of rotatable bonds is 3. The molecule has 0 bridgehead atoms. The van der Waals surface area contributed by atoms with Crippen LogP contribution in [0.4, 0.5) is 0 Å². The Morgan fingerprint density at radius 2 is 1.59 bits per heavy atom. The van der Waals surface area contributed by atoms with E-state index in [4.69, 9.17) is 5.73 Å². The first-order chi connectivity index (χ1) is 7.90. The van der Waals surface area contributed by atoms with Crippen molar-refractivity contribution in [3.05, 3.63) is 33.9 Å². The Bertz CT molecular complexity index is 418. The second kappa shape index (κ2) is 4.11. The summed E-state index contributed by atoms with van der Waals surface area (Å²) < 4.78 is 0. The van der Waals surface area contributed by atoms with Crippen LogP contribution in [0, 0.1) is 27.7 Å². The van der Waals surface area contributed by atoms with Gasteiger partial charge in [0, 0.05) is 5.54 Å². The lowest BCUT2D eigenvalue weighted by molar-refractivity contribution is 0.457. The van der Waals surface area contributed by atoms with E-state index in [0.717, 1.165) is 12.8 Å². The summed E-state index contributed by atoms with van der Waals surface area (Å²) in [5.74, 6) is 0. The second-order valence-corrected chi connectivity index (χ2v) is 5.63. The monoisotopic (exact) mass is 232 g/mol. The molecule has 0 saturated heterocycles. The first-order valence-electron chi connectivity index (χ1n) is 6.44. The molecule has 0 radical (unpaired) electrons. The maximum absolute atomic E-state index is 6.41. The van der Waals surface area contributed by atoms with Crippen LogP contribution in [0.2, 0.25) is 0 Å². The molecule has 1 aromatic rings. The molecule has 2 nitrogen and oxygen atoms in total. The Morgan fingerprint density at radius 3 is 1.94 bits per heavy atom. The summed E-state index contributed by atoms with van der Waals surface area (Å²) in [6, 6.07) is 2.57. The molecule has 0 aliphatic heterocycles. The minimum absolute atomic E-state index is 0.0233. The van der Waals surface area contributed by atoms with E-state index in [-0.39, 0.29) is 5.54 Å². The number of aryl methyl sites for hydroxylation is 2. The van der Waals surface area contributed by atoms with E-state index >= 15 is 0 Å². The Kier molecular flexibility index (Phi) is 3.04. The summed E-state index contributed by atoms with van der Waals surface area (Å²) in [6.45, 7) is 8.81. The molecule has 0 spiro atoms. The zero-order valence-corrected chi connectivity index (χ0v) is 11.6. The molecular weight excluding hydrogens is 208 g/mol. The normalized spacial score (nSPS) is 19.2. The Hall–Kier alpha value is -0.860. The standard InChI is InChI=1S/C15H24N2/c1-9-8-10(2)12(4)13(11(9)3)14(17-5)15(16)6-7-15/h8,14,17H,6-7,16H2,1-5H3. The number of hydrogen-bond donors (Lipinski definition) is 2. The minimum atomic E-state index is -0.0233. The van der Waals surface area contributed by atoms with Gasteiger partial charge in [-0.05, 0) is 75.4 Å². The summed E-state index contributed by atoms with van der Waals surface area (Å²) >= 11 is 0. The lowest BCUT2D eigenvalue weighted by Crippen LogP contribution is -2.39. The van der Waals surface area contributed by atoms with Crippen LogP contribution in [0.15, 0.2) is 6.07 Å². The number of nitrogens with one attached hydrogen (secondary N) is 1. The molecule has 1 saturated carbocycles. The van der Waals surface area contributed by atoms with Crippen molar-refractivity contribution in [2.24, 2.45) is 5.73 Å². The predicted molar refractivity (Wildman–Crippen MR) is 73.3 cm³/mol. The van der Waals surface area contributed by atoms with Gasteiger partial charge in [0.2, 0.25) is 0 Å². The maximum Gasteiger partial charge on any atom is 0.0505 e. The van der Waals surface area contributed by atoms with Crippen LogP contribution in [0.1, 0.15) is 46.7 Å². The highest BCUT2D eigenvalue weighted by molar-refractivity contribution is 5.47. The predicted octanol–water partition coefficient (Wildman–Crippen LogP) is 2.67. The van der Waals surface area contributed by atoms with Crippen LogP contribution in [0.5, 0.6) is 0 Å². The van der Waals surface area contributed by atoms with E-state index in [9.17, 15) is 0 Å². The SMILES string of the molecule is CNC(c1c(C)c(C)cc(C)c1C)C1(N)CC1. The van der Waals surface area contributed by atoms with Crippen molar-refractivity contribution in [1.82, 2.24) is 5.32 Å². The summed E-state index contributed by atoms with van der Waals surface area (Å²) in [4.78, 5) is 0. The first kappa shape index (κ1) is 12.6. The van der Waals surface area contributed by atoms with Gasteiger partial charge in [0.15, 0.2) is 0 Å². The van der Waals surface area contributed by atoms with Crippen molar-refractivity contribution < 1.29 is 0 Å². The van der Waals surface area contributed by atoms with Gasteiger partial charge in [-0.2, -0.15) is 0 Å². The zero-order valence-electron chi connectivity index (χ0n) is 11.6. The fourth-order valence-electron chi connectivity index (χ4n) is 2.83. The molecule has 1 aliphatic rings. The van der Waals surface area contributed by atoms with Gasteiger partial charge in [0.25, 0.3) is 0 Å². The number of nitrogens with two attached hydrogens (primary N) is 1. The molecule has 2 rings (SSSR count). The minimum Gasteiger partial charge on any atom is -0.323 e. The summed E-state index contributed by atoms with van der Waals surface area (Å²) in [7, 11) is 2.02. The average Bonchev–Trinajstić information content (AvgIpc) is 3.00. The van der Waals surface area contributed by atoms with Gasteiger partial charge in [0.05, 0.1) is 6.04 Å². The zero-order chi connectivity index (χ0) is 12.8. The van der Waals surface area contributed by atoms with Crippen LogP contribution < -0.4 is 11.1 Å². The van der Waals surface area contributed by atoms with Gasteiger partial charge in [-0.15, -0.1) is 0 Å². The van der Waals surface area contributed by atoms with E-state index in [0.29, 0.717) is 6.04 Å². The summed E-state index contributed by atoms with van der Waals surface area (Å²) in [6.07, 6.45) is 2.26. The van der Waals surface area contributed by atoms with Crippen LogP contribution in [-0.2, 0) is 0 Å². The average molecular weight is 232 g/mol. The molecule has 1 aliphatic carbocycles. The van der Waals surface area contributed by atoms with Crippen LogP contribution in [0.25, 0.3) is 0 Å². The molecule has 0 amide bonds. The fourth-order valence-corrected chi connectivity index (χ4v) is 2.83. The van der Waals surface area contributed by atoms with Gasteiger partial charge in [-0.25, -0.2) is 0 Å². The fraction of sp³-hybridized carbons (Fsp3) is 0.600. The number of benzene rings is 1. The molecule has 1 fully saturated rings. The van der Waals surface area contributed by atoms with E-state index in [1.54, 1.807) is 0 Å². The molecule has 3 N–H and O–H groups in total. The largest absolute Gasteiger partial charge is 0.323 e. The topological polar surface area (TPSA) is 38.0 Å². The number of likely N-dealkylation sites (N-methyl/N-ethyl adjacent to an activating group) is 1. The molecule has 0 heterocycles. The van der Waals surface area contributed by atoms with Gasteiger partial charge in [-0.3, -0.25) is 0 Å². The second-order valence-electron chi connectivity index (χ2n) is 5.63. The first-order valence-corrected chi connectivity index (χ1v) is 6.44. The third-order valence-corrected chi connectivity index (χ3v) is 4.40. The lowest BCUT2D eigenvalue weighted by atomic mass is 9.86. The Morgan fingerprint density at radius 1 is 1.12 bits per heavy atom.